The molecule has 1 aliphatic rings. The number of aromatic nitrogens is 1. The number of pyridine rings is 1. The molecular weight excluding hydrogens is 382 g/mol. The zero-order valence-electron chi connectivity index (χ0n) is 17.2. The summed E-state index contributed by atoms with van der Waals surface area (Å²) < 4.78 is 29.0. The standard InChI is InChI=1S/C23H27N3O2S/c1-4-25-13-12-20-19(16-25)9-6-10-21(20)26(5-2)29(27,28)22-11-7-8-18-14-17(3)15-24-23(18)22/h6-11,14-15H,4-5,12-13,16H2,1-3H3. The molecule has 3 aromatic rings. The SMILES string of the molecule is CCN1CCc2c(cccc2N(CC)S(=O)(=O)c2cccc3cc(C)cnc23)C1. The van der Waals surface area contributed by atoms with Gasteiger partial charge in [-0.3, -0.25) is 14.2 Å². The largest absolute Gasteiger partial charge is 0.299 e. The zero-order valence-corrected chi connectivity index (χ0v) is 18.0. The molecule has 1 aromatic heterocycles. The van der Waals surface area contributed by atoms with E-state index < -0.39 is 10.0 Å². The Morgan fingerprint density at radius 1 is 1.14 bits per heavy atom. The van der Waals surface area contributed by atoms with Gasteiger partial charge in [0.1, 0.15) is 4.90 Å². The van der Waals surface area contributed by atoms with Crippen LogP contribution in [0.4, 0.5) is 5.69 Å². The molecule has 0 spiro atoms. The number of hydrogen-bond acceptors (Lipinski definition) is 4. The maximum absolute atomic E-state index is 13.7. The van der Waals surface area contributed by atoms with Crippen LogP contribution in [0.1, 0.15) is 30.5 Å². The van der Waals surface area contributed by atoms with E-state index in [0.717, 1.165) is 48.3 Å². The fraction of sp³-hybridized carbons (Fsp3) is 0.348. The van der Waals surface area contributed by atoms with Gasteiger partial charge in [0.25, 0.3) is 10.0 Å². The fourth-order valence-corrected chi connectivity index (χ4v) is 5.86. The molecule has 2 heterocycles. The van der Waals surface area contributed by atoms with Gasteiger partial charge >= 0.3 is 0 Å². The fourth-order valence-electron chi connectivity index (χ4n) is 4.19. The topological polar surface area (TPSA) is 53.5 Å². The molecule has 2 aromatic carbocycles. The number of para-hydroxylation sites is 1. The highest BCUT2D eigenvalue weighted by Crippen LogP contribution is 2.34. The Labute approximate surface area is 173 Å². The average Bonchev–Trinajstić information content (AvgIpc) is 2.73. The number of rotatable bonds is 5. The number of nitrogens with zero attached hydrogens (tertiary/aromatic N) is 3. The van der Waals surface area contributed by atoms with Gasteiger partial charge in [-0.2, -0.15) is 0 Å². The molecule has 0 radical (unpaired) electrons. The molecule has 0 fully saturated rings. The van der Waals surface area contributed by atoms with Crippen molar-refractivity contribution in [2.75, 3.05) is 23.9 Å². The van der Waals surface area contributed by atoms with Gasteiger partial charge in [0.2, 0.25) is 0 Å². The van der Waals surface area contributed by atoms with Gasteiger partial charge in [-0.15, -0.1) is 0 Å². The van der Waals surface area contributed by atoms with E-state index in [1.165, 1.54) is 5.56 Å². The molecular formula is C23H27N3O2S. The highest BCUT2D eigenvalue weighted by atomic mass is 32.2. The lowest BCUT2D eigenvalue weighted by molar-refractivity contribution is 0.268. The highest BCUT2D eigenvalue weighted by molar-refractivity contribution is 7.93. The van der Waals surface area contributed by atoms with Crippen molar-refractivity contribution in [3.05, 3.63) is 65.4 Å². The molecule has 0 aliphatic carbocycles. The molecule has 0 N–H and O–H groups in total. The zero-order chi connectivity index (χ0) is 20.6. The van der Waals surface area contributed by atoms with Crippen LogP contribution in [-0.2, 0) is 23.0 Å². The van der Waals surface area contributed by atoms with Crippen LogP contribution in [0.15, 0.2) is 53.6 Å². The van der Waals surface area contributed by atoms with Crippen molar-refractivity contribution in [2.45, 2.75) is 38.6 Å². The van der Waals surface area contributed by atoms with Gasteiger partial charge in [0.05, 0.1) is 11.2 Å². The van der Waals surface area contributed by atoms with E-state index in [-0.39, 0.29) is 4.90 Å². The van der Waals surface area contributed by atoms with E-state index in [1.54, 1.807) is 22.6 Å². The maximum Gasteiger partial charge on any atom is 0.266 e. The summed E-state index contributed by atoms with van der Waals surface area (Å²) in [6.45, 7) is 9.20. The van der Waals surface area contributed by atoms with Crippen LogP contribution in [0.5, 0.6) is 0 Å². The highest BCUT2D eigenvalue weighted by Gasteiger charge is 2.29. The second-order valence-corrected chi connectivity index (χ2v) is 9.37. The second kappa shape index (κ2) is 7.76. The number of aryl methyl sites for hydroxylation is 1. The molecule has 0 saturated heterocycles. The van der Waals surface area contributed by atoms with E-state index >= 15 is 0 Å². The van der Waals surface area contributed by atoms with E-state index in [2.05, 4.69) is 22.9 Å². The number of sulfonamides is 1. The molecule has 5 nitrogen and oxygen atoms in total. The molecule has 0 bridgehead atoms. The number of likely N-dealkylation sites (N-methyl/N-ethyl adjacent to an activating group) is 1. The first-order valence-electron chi connectivity index (χ1n) is 10.2. The summed E-state index contributed by atoms with van der Waals surface area (Å²) >= 11 is 0. The molecule has 0 atom stereocenters. The lowest BCUT2D eigenvalue weighted by Gasteiger charge is -2.32. The van der Waals surface area contributed by atoms with E-state index in [0.29, 0.717) is 12.1 Å². The average molecular weight is 410 g/mol. The number of fused-ring (bicyclic) bond motifs is 2. The first-order chi connectivity index (χ1) is 14.0. The minimum absolute atomic E-state index is 0.264. The van der Waals surface area contributed by atoms with Crippen LogP contribution in [0, 0.1) is 6.92 Å². The van der Waals surface area contributed by atoms with Gasteiger partial charge in [-0.05, 0) is 61.7 Å². The van der Waals surface area contributed by atoms with E-state index in [9.17, 15) is 8.42 Å². The van der Waals surface area contributed by atoms with Gasteiger partial charge < -0.3 is 0 Å². The normalized spacial score (nSPS) is 14.7. The Morgan fingerprint density at radius 3 is 2.69 bits per heavy atom. The summed E-state index contributed by atoms with van der Waals surface area (Å²) in [5.41, 5.74) is 4.70. The van der Waals surface area contributed by atoms with Gasteiger partial charge in [-0.25, -0.2) is 8.42 Å². The molecule has 29 heavy (non-hydrogen) atoms. The predicted molar refractivity (Wildman–Crippen MR) is 118 cm³/mol. The monoisotopic (exact) mass is 409 g/mol. The van der Waals surface area contributed by atoms with Crippen molar-refractivity contribution < 1.29 is 8.42 Å². The van der Waals surface area contributed by atoms with Gasteiger partial charge in [0, 0.05) is 31.2 Å². The number of hydrogen-bond donors (Lipinski definition) is 0. The van der Waals surface area contributed by atoms with Crippen LogP contribution in [0.3, 0.4) is 0 Å². The Bertz CT molecular complexity index is 1160. The van der Waals surface area contributed by atoms with Crippen LogP contribution in [0.2, 0.25) is 0 Å². The van der Waals surface area contributed by atoms with Crippen LogP contribution >= 0.6 is 0 Å². The van der Waals surface area contributed by atoms with Crippen molar-refractivity contribution in [2.24, 2.45) is 0 Å². The summed E-state index contributed by atoms with van der Waals surface area (Å²) in [6.07, 6.45) is 2.58. The van der Waals surface area contributed by atoms with Crippen molar-refractivity contribution in [3.63, 3.8) is 0 Å². The molecule has 152 valence electrons. The molecule has 4 rings (SSSR count). The van der Waals surface area contributed by atoms with Crippen molar-refractivity contribution >= 4 is 26.6 Å². The van der Waals surface area contributed by atoms with Gasteiger partial charge in [0.15, 0.2) is 0 Å². The summed E-state index contributed by atoms with van der Waals surface area (Å²) in [5.74, 6) is 0. The minimum atomic E-state index is -3.74. The predicted octanol–water partition coefficient (Wildman–Crippen LogP) is 4.14. The third-order valence-corrected chi connectivity index (χ3v) is 7.62. The van der Waals surface area contributed by atoms with E-state index in [1.807, 2.05) is 38.1 Å². The maximum atomic E-state index is 13.7. The molecule has 0 unspecified atom stereocenters. The first kappa shape index (κ1) is 19.9. The summed E-state index contributed by atoms with van der Waals surface area (Å²) in [4.78, 5) is 7.10. The number of anilines is 1. The lowest BCUT2D eigenvalue weighted by atomic mass is 9.98. The van der Waals surface area contributed by atoms with Crippen LogP contribution in [-0.4, -0.2) is 37.9 Å². The van der Waals surface area contributed by atoms with Crippen LogP contribution in [0.25, 0.3) is 10.9 Å². The molecule has 0 saturated carbocycles. The Hall–Kier alpha value is -2.44. The minimum Gasteiger partial charge on any atom is -0.299 e. The first-order valence-corrected chi connectivity index (χ1v) is 11.6. The van der Waals surface area contributed by atoms with E-state index in [4.69, 9.17) is 0 Å². The third-order valence-electron chi connectivity index (χ3n) is 5.70. The Morgan fingerprint density at radius 2 is 1.93 bits per heavy atom. The second-order valence-electron chi connectivity index (χ2n) is 7.54. The molecule has 6 heteroatoms. The summed E-state index contributed by atoms with van der Waals surface area (Å²) in [5, 5.41) is 0.843. The van der Waals surface area contributed by atoms with Crippen LogP contribution < -0.4 is 4.31 Å². The van der Waals surface area contributed by atoms with Crippen molar-refractivity contribution in [1.82, 2.24) is 9.88 Å². The quantitative estimate of drug-likeness (QED) is 0.636. The Balaban J connectivity index is 1.84. The van der Waals surface area contributed by atoms with Crippen molar-refractivity contribution in [1.29, 1.82) is 0 Å². The van der Waals surface area contributed by atoms with Gasteiger partial charge in [-0.1, -0.05) is 31.2 Å². The van der Waals surface area contributed by atoms with Crippen molar-refractivity contribution in [3.8, 4) is 0 Å². The number of benzene rings is 2. The lowest BCUT2D eigenvalue weighted by Crippen LogP contribution is -2.35. The summed E-state index contributed by atoms with van der Waals surface area (Å²) in [7, 11) is -3.74. The third kappa shape index (κ3) is 3.51. The molecule has 1 aliphatic heterocycles. The summed E-state index contributed by atoms with van der Waals surface area (Å²) in [6, 6.07) is 13.4. The smallest absolute Gasteiger partial charge is 0.266 e. The Kier molecular flexibility index (Phi) is 5.32. The molecule has 0 amide bonds.